The first-order chi connectivity index (χ1) is 20.8. The first-order valence-corrected chi connectivity index (χ1v) is 13.9. The van der Waals surface area contributed by atoms with Crippen molar-refractivity contribution in [1.82, 2.24) is 10.2 Å². The van der Waals surface area contributed by atoms with Gasteiger partial charge in [-0.1, -0.05) is 43.8 Å². The molecule has 1 aromatic heterocycles. The second-order valence-electron chi connectivity index (χ2n) is 9.69. The van der Waals surface area contributed by atoms with Gasteiger partial charge >= 0.3 is 18.3 Å². The molecule has 1 saturated heterocycles. The van der Waals surface area contributed by atoms with Crippen LogP contribution in [0.25, 0.3) is 22.9 Å². The monoisotopic (exact) mass is 631 g/mol. The molecule has 9 nitrogen and oxygen atoms in total. The Hall–Kier alpha value is -4.79. The van der Waals surface area contributed by atoms with Crippen molar-refractivity contribution in [1.29, 1.82) is 0 Å². The molecule has 0 spiro atoms. The smallest absolute Gasteiger partial charge is 0.426 e. The standard InChI is InChI=1S/C29H22F5N5O4S/c1-16(2)21-5-3-4-6-22(21)39-23(40)15-44-27(39)36-26(41)35-19-11-7-17(8-12-19)24-37-38-25(42-24)18-9-13-20(14-10-18)43-29(33,34)28(30,31)32/h3-14,16H,15H2,1-2H3,(H,35,41)/b36-27-. The Morgan fingerprint density at radius 1 is 0.955 bits per heavy atom. The second kappa shape index (κ2) is 12.1. The van der Waals surface area contributed by atoms with Gasteiger partial charge in [-0.05, 0) is 66.1 Å². The minimum absolute atomic E-state index is 0.0189. The second-order valence-corrected chi connectivity index (χ2v) is 10.6. The first-order valence-electron chi connectivity index (χ1n) is 12.9. The molecule has 1 fully saturated rings. The van der Waals surface area contributed by atoms with E-state index in [4.69, 9.17) is 4.42 Å². The van der Waals surface area contributed by atoms with Gasteiger partial charge in [0.2, 0.25) is 17.7 Å². The van der Waals surface area contributed by atoms with Gasteiger partial charge in [0.15, 0.2) is 5.17 Å². The molecule has 0 radical (unpaired) electrons. The number of thioether (sulfide) groups is 1. The number of anilines is 2. The van der Waals surface area contributed by atoms with Crippen LogP contribution in [0.5, 0.6) is 5.75 Å². The van der Waals surface area contributed by atoms with E-state index in [9.17, 15) is 31.5 Å². The summed E-state index contributed by atoms with van der Waals surface area (Å²) in [7, 11) is 0. The van der Waals surface area contributed by atoms with E-state index in [2.05, 4.69) is 25.2 Å². The zero-order valence-corrected chi connectivity index (χ0v) is 23.7. The SMILES string of the molecule is CC(C)c1ccccc1N1C(=O)CS/C1=N\C(=O)Nc1ccc(-c2nnc(-c3ccc(OC(F)(F)C(F)(F)F)cc3)o2)cc1. The molecule has 1 aliphatic heterocycles. The minimum Gasteiger partial charge on any atom is -0.426 e. The predicted molar refractivity (Wildman–Crippen MR) is 154 cm³/mol. The number of halogens is 5. The maximum atomic E-state index is 13.1. The number of hydrogen-bond acceptors (Lipinski definition) is 7. The van der Waals surface area contributed by atoms with E-state index >= 15 is 0 Å². The number of nitrogens with zero attached hydrogens (tertiary/aromatic N) is 4. The fourth-order valence-electron chi connectivity index (χ4n) is 4.12. The van der Waals surface area contributed by atoms with Crippen molar-refractivity contribution in [3.63, 3.8) is 0 Å². The summed E-state index contributed by atoms with van der Waals surface area (Å²) in [5.41, 5.74) is 2.76. The average Bonchev–Trinajstić information content (AvgIpc) is 3.60. The van der Waals surface area contributed by atoms with E-state index in [1.807, 2.05) is 38.1 Å². The van der Waals surface area contributed by atoms with Gasteiger partial charge in [0.05, 0.1) is 11.4 Å². The van der Waals surface area contributed by atoms with Crippen molar-refractivity contribution in [2.45, 2.75) is 32.1 Å². The maximum absolute atomic E-state index is 13.1. The number of para-hydroxylation sites is 1. The summed E-state index contributed by atoms with van der Waals surface area (Å²) in [5.74, 6) is -0.506. The lowest BCUT2D eigenvalue weighted by molar-refractivity contribution is -0.360. The molecule has 15 heteroatoms. The molecular formula is C29H22F5N5O4S. The molecule has 2 heterocycles. The lowest BCUT2D eigenvalue weighted by Crippen LogP contribution is -2.41. The van der Waals surface area contributed by atoms with E-state index in [1.165, 1.54) is 28.8 Å². The summed E-state index contributed by atoms with van der Waals surface area (Å²) in [5, 5.41) is 10.7. The van der Waals surface area contributed by atoms with Crippen LogP contribution in [-0.2, 0) is 4.79 Å². The first kappa shape index (κ1) is 30.7. The fraction of sp³-hybridized carbons (Fsp3) is 0.207. The molecule has 1 aliphatic rings. The van der Waals surface area contributed by atoms with Gasteiger partial charge in [-0.3, -0.25) is 9.69 Å². The summed E-state index contributed by atoms with van der Waals surface area (Å²) < 4.78 is 72.7. The van der Waals surface area contributed by atoms with E-state index in [0.29, 0.717) is 16.9 Å². The number of nitrogens with one attached hydrogen (secondary N) is 1. The number of amides is 3. The Bertz CT molecular complexity index is 1710. The van der Waals surface area contributed by atoms with Crippen LogP contribution in [0.15, 0.2) is 82.2 Å². The quantitative estimate of drug-likeness (QED) is 0.208. The summed E-state index contributed by atoms with van der Waals surface area (Å²) in [4.78, 5) is 31.0. The minimum atomic E-state index is -5.87. The number of hydrogen-bond donors (Lipinski definition) is 1. The Morgan fingerprint density at radius 2 is 1.55 bits per heavy atom. The van der Waals surface area contributed by atoms with Gasteiger partial charge in [0.1, 0.15) is 5.75 Å². The van der Waals surface area contributed by atoms with Crippen LogP contribution in [0.4, 0.5) is 38.1 Å². The van der Waals surface area contributed by atoms with Gasteiger partial charge in [-0.15, -0.1) is 10.2 Å². The molecule has 5 rings (SSSR count). The Balaban J connectivity index is 1.25. The zero-order valence-electron chi connectivity index (χ0n) is 22.9. The molecule has 1 N–H and O–H groups in total. The summed E-state index contributed by atoms with van der Waals surface area (Å²) >= 11 is 1.17. The highest BCUT2D eigenvalue weighted by Gasteiger charge is 2.61. The largest absolute Gasteiger partial charge is 0.499 e. The molecule has 3 amide bonds. The molecular weight excluding hydrogens is 609 g/mol. The zero-order chi connectivity index (χ0) is 31.6. The Labute approximate surface area is 251 Å². The van der Waals surface area contributed by atoms with Crippen molar-refractivity contribution in [3.8, 4) is 28.7 Å². The highest BCUT2D eigenvalue weighted by atomic mass is 32.2. The Morgan fingerprint density at radius 3 is 2.14 bits per heavy atom. The van der Waals surface area contributed by atoms with Crippen LogP contribution in [0, 0.1) is 0 Å². The molecule has 44 heavy (non-hydrogen) atoms. The van der Waals surface area contributed by atoms with Crippen LogP contribution in [-0.4, -0.2) is 45.3 Å². The third-order valence-corrected chi connectivity index (χ3v) is 7.17. The topological polar surface area (TPSA) is 110 Å². The van der Waals surface area contributed by atoms with Crippen LogP contribution >= 0.6 is 11.8 Å². The highest BCUT2D eigenvalue weighted by Crippen LogP contribution is 2.38. The number of carbonyl (C=O) groups excluding carboxylic acids is 2. The van der Waals surface area contributed by atoms with Crippen LogP contribution in [0.2, 0.25) is 0 Å². The van der Waals surface area contributed by atoms with E-state index in [0.717, 1.165) is 17.7 Å². The molecule has 4 aromatic rings. The highest BCUT2D eigenvalue weighted by molar-refractivity contribution is 8.15. The van der Waals surface area contributed by atoms with E-state index in [-0.39, 0.29) is 40.1 Å². The molecule has 0 unspecified atom stereocenters. The Kier molecular flexibility index (Phi) is 8.41. The summed E-state index contributed by atoms with van der Waals surface area (Å²) in [6.45, 7) is 4.02. The number of aromatic nitrogens is 2. The van der Waals surface area contributed by atoms with Crippen molar-refractivity contribution in [2.24, 2.45) is 4.99 Å². The van der Waals surface area contributed by atoms with E-state index in [1.54, 1.807) is 24.3 Å². The van der Waals surface area contributed by atoms with Crippen molar-refractivity contribution < 1.29 is 40.7 Å². The molecule has 0 atom stereocenters. The van der Waals surface area contributed by atoms with Gasteiger partial charge in [-0.25, -0.2) is 4.79 Å². The maximum Gasteiger partial charge on any atom is 0.499 e. The van der Waals surface area contributed by atoms with Crippen molar-refractivity contribution in [3.05, 3.63) is 78.4 Å². The third-order valence-electron chi connectivity index (χ3n) is 6.25. The number of urea groups is 1. The molecule has 3 aromatic carbocycles. The van der Waals surface area contributed by atoms with Crippen molar-refractivity contribution in [2.75, 3.05) is 16.0 Å². The number of ether oxygens (including phenoxy) is 1. The van der Waals surface area contributed by atoms with Gasteiger partial charge < -0.3 is 14.5 Å². The van der Waals surface area contributed by atoms with Crippen LogP contribution in [0.3, 0.4) is 0 Å². The van der Waals surface area contributed by atoms with E-state index < -0.39 is 24.1 Å². The predicted octanol–water partition coefficient (Wildman–Crippen LogP) is 7.73. The van der Waals surface area contributed by atoms with Crippen LogP contribution in [0.1, 0.15) is 25.3 Å². The molecule has 0 saturated carbocycles. The number of benzene rings is 3. The lowest BCUT2D eigenvalue weighted by Gasteiger charge is -2.21. The normalized spacial score (nSPS) is 14.9. The number of rotatable bonds is 7. The number of carbonyl (C=O) groups is 2. The van der Waals surface area contributed by atoms with Crippen molar-refractivity contribution >= 4 is 40.2 Å². The molecule has 0 aliphatic carbocycles. The summed E-state index contributed by atoms with van der Waals surface area (Å²) in [6, 6.07) is 17.3. The number of alkyl halides is 5. The van der Waals surface area contributed by atoms with Gasteiger partial charge in [-0.2, -0.15) is 26.9 Å². The molecule has 228 valence electrons. The van der Waals surface area contributed by atoms with Gasteiger partial charge in [0, 0.05) is 16.8 Å². The summed E-state index contributed by atoms with van der Waals surface area (Å²) in [6.07, 6.45) is -11.2. The fourth-order valence-corrected chi connectivity index (χ4v) is 4.98. The number of aliphatic imine (C=N–C) groups is 1. The third kappa shape index (κ3) is 6.56. The van der Waals surface area contributed by atoms with Gasteiger partial charge in [0.25, 0.3) is 0 Å². The molecule has 0 bridgehead atoms. The number of amidine groups is 1. The van der Waals surface area contributed by atoms with Crippen LogP contribution < -0.4 is 15.0 Å². The average molecular weight is 632 g/mol. The lowest BCUT2D eigenvalue weighted by atomic mass is 10.0.